The Kier molecular flexibility index (Phi) is 6.66. The Morgan fingerprint density at radius 3 is 2.50 bits per heavy atom. The molecule has 2 aliphatic heterocycles. The number of hydrogen-bond donors (Lipinski definition) is 1. The first kappa shape index (κ1) is 25.8. The molecule has 3 aromatic carbocycles. The summed E-state index contributed by atoms with van der Waals surface area (Å²) in [5.41, 5.74) is 0.297. The lowest BCUT2D eigenvalue weighted by Crippen LogP contribution is -2.26. The number of carbonyl (C=O) groups excluding carboxylic acids is 2. The van der Waals surface area contributed by atoms with Crippen LogP contribution in [0.2, 0.25) is 0 Å². The van der Waals surface area contributed by atoms with Gasteiger partial charge in [-0.25, -0.2) is 8.42 Å². The average Bonchev–Trinajstić information content (AvgIpc) is 3.10. The van der Waals surface area contributed by atoms with E-state index in [1.807, 2.05) is 11.9 Å². The summed E-state index contributed by atoms with van der Waals surface area (Å²) in [7, 11) is -6.20. The molecule has 11 heteroatoms. The second kappa shape index (κ2) is 9.80. The maximum atomic E-state index is 13.2. The van der Waals surface area contributed by atoms with Crippen molar-refractivity contribution in [1.29, 1.82) is 0 Å². The van der Waals surface area contributed by atoms with Gasteiger partial charge in [-0.05, 0) is 61.4 Å². The van der Waals surface area contributed by atoms with Crippen molar-refractivity contribution in [3.63, 3.8) is 0 Å². The zero-order valence-corrected chi connectivity index (χ0v) is 22.2. The molecular formula is C27H25N3O6S2. The van der Waals surface area contributed by atoms with Gasteiger partial charge in [0.1, 0.15) is 5.84 Å². The first-order valence-corrected chi connectivity index (χ1v) is 15.0. The number of rotatable bonds is 4. The molecule has 1 N–H and O–H groups in total. The van der Waals surface area contributed by atoms with Crippen LogP contribution in [-0.2, 0) is 19.9 Å². The molecule has 3 aromatic rings. The number of anilines is 1. The topological polar surface area (TPSA) is 130 Å². The molecular weight excluding hydrogens is 526 g/mol. The molecule has 0 spiro atoms. The Balaban J connectivity index is 1.42. The number of carbonyl (C=O) groups is 2. The standard InChI is InChI=1S/C27H25N3O6S2/c1-30-15-6-2-3-12-25(30)29-38(35,36)20-9-7-8-19(17-20)28-27(32)18-13-14-22-24(16-18)37(33,34)23-11-5-4-10-21(23)26(22)31/h4-5,7-11,13-14,16-17H,2-3,6,12,15H2,1H3,(H,28,32)/b29-25+. The van der Waals surface area contributed by atoms with E-state index in [-0.39, 0.29) is 37.1 Å². The van der Waals surface area contributed by atoms with Crippen molar-refractivity contribution < 1.29 is 26.4 Å². The highest BCUT2D eigenvalue weighted by atomic mass is 32.2. The van der Waals surface area contributed by atoms with E-state index in [1.165, 1.54) is 60.7 Å². The van der Waals surface area contributed by atoms with Crippen LogP contribution in [0.4, 0.5) is 5.69 Å². The smallest absolute Gasteiger partial charge is 0.284 e. The van der Waals surface area contributed by atoms with Gasteiger partial charge in [0.15, 0.2) is 5.78 Å². The van der Waals surface area contributed by atoms with E-state index in [2.05, 4.69) is 9.71 Å². The van der Waals surface area contributed by atoms with Gasteiger partial charge in [0, 0.05) is 42.4 Å². The number of amidine groups is 1. The highest BCUT2D eigenvalue weighted by Gasteiger charge is 2.35. The minimum absolute atomic E-state index is 0.00377. The van der Waals surface area contributed by atoms with Gasteiger partial charge in [0.05, 0.1) is 14.7 Å². The third-order valence-electron chi connectivity index (χ3n) is 6.65. The van der Waals surface area contributed by atoms with Crippen LogP contribution in [0.25, 0.3) is 0 Å². The molecule has 0 atom stereocenters. The lowest BCUT2D eigenvalue weighted by Gasteiger charge is -2.19. The zero-order valence-electron chi connectivity index (χ0n) is 20.5. The number of fused-ring (bicyclic) bond motifs is 2. The number of amides is 1. The quantitative estimate of drug-likeness (QED) is 0.407. The summed E-state index contributed by atoms with van der Waals surface area (Å²) in [6.45, 7) is 0.734. The number of nitrogens with zero attached hydrogens (tertiary/aromatic N) is 2. The lowest BCUT2D eigenvalue weighted by molar-refractivity contribution is 0.101. The summed E-state index contributed by atoms with van der Waals surface area (Å²) in [5, 5.41) is 2.62. The molecule has 196 valence electrons. The molecule has 38 heavy (non-hydrogen) atoms. The molecule has 0 radical (unpaired) electrons. The van der Waals surface area contributed by atoms with Crippen LogP contribution in [0.1, 0.15) is 52.0 Å². The molecule has 5 rings (SSSR count). The van der Waals surface area contributed by atoms with Crippen molar-refractivity contribution in [1.82, 2.24) is 4.90 Å². The fourth-order valence-electron chi connectivity index (χ4n) is 4.60. The summed E-state index contributed by atoms with van der Waals surface area (Å²) < 4.78 is 56.4. The Morgan fingerprint density at radius 1 is 0.921 bits per heavy atom. The zero-order chi connectivity index (χ0) is 27.1. The molecule has 1 amide bonds. The summed E-state index contributed by atoms with van der Waals surface area (Å²) in [4.78, 5) is 27.3. The van der Waals surface area contributed by atoms with Crippen LogP contribution >= 0.6 is 0 Å². The highest BCUT2D eigenvalue weighted by molar-refractivity contribution is 7.91. The normalized spacial score (nSPS) is 17.9. The van der Waals surface area contributed by atoms with Gasteiger partial charge >= 0.3 is 0 Å². The van der Waals surface area contributed by atoms with E-state index in [1.54, 1.807) is 6.07 Å². The molecule has 1 fully saturated rings. The molecule has 0 aromatic heterocycles. The maximum absolute atomic E-state index is 13.2. The van der Waals surface area contributed by atoms with E-state index in [0.29, 0.717) is 12.3 Å². The average molecular weight is 552 g/mol. The van der Waals surface area contributed by atoms with Gasteiger partial charge in [0.25, 0.3) is 15.9 Å². The Morgan fingerprint density at radius 2 is 1.68 bits per heavy atom. The lowest BCUT2D eigenvalue weighted by atomic mass is 10.0. The van der Waals surface area contributed by atoms with Crippen molar-refractivity contribution in [2.75, 3.05) is 18.9 Å². The van der Waals surface area contributed by atoms with Gasteiger partial charge in [-0.2, -0.15) is 8.42 Å². The van der Waals surface area contributed by atoms with Crippen LogP contribution in [-0.4, -0.2) is 52.9 Å². The highest BCUT2D eigenvalue weighted by Crippen LogP contribution is 2.35. The number of hydrogen-bond acceptors (Lipinski definition) is 6. The van der Waals surface area contributed by atoms with E-state index < -0.39 is 31.6 Å². The van der Waals surface area contributed by atoms with Crippen LogP contribution in [0.15, 0.2) is 85.8 Å². The Labute approximate surface area is 221 Å². The Bertz CT molecular complexity index is 1710. The van der Waals surface area contributed by atoms with Crippen molar-refractivity contribution in [3.05, 3.63) is 83.4 Å². The van der Waals surface area contributed by atoms with Crippen LogP contribution < -0.4 is 5.32 Å². The number of sulfone groups is 1. The molecule has 2 aliphatic rings. The van der Waals surface area contributed by atoms with Gasteiger partial charge in [0.2, 0.25) is 9.84 Å². The van der Waals surface area contributed by atoms with E-state index in [0.717, 1.165) is 25.8 Å². The number of nitrogens with one attached hydrogen (secondary N) is 1. The fraction of sp³-hybridized carbons (Fsp3) is 0.222. The first-order chi connectivity index (χ1) is 18.1. The van der Waals surface area contributed by atoms with Crippen LogP contribution in [0.3, 0.4) is 0 Å². The molecule has 0 unspecified atom stereocenters. The fourth-order valence-corrected chi connectivity index (χ4v) is 7.42. The van der Waals surface area contributed by atoms with Crippen molar-refractivity contribution >= 4 is 43.1 Å². The summed E-state index contributed by atoms with van der Waals surface area (Å²) >= 11 is 0. The first-order valence-electron chi connectivity index (χ1n) is 12.1. The van der Waals surface area contributed by atoms with Gasteiger partial charge < -0.3 is 10.2 Å². The summed E-state index contributed by atoms with van der Waals surface area (Å²) in [5.74, 6) is -0.585. The largest absolute Gasteiger partial charge is 0.362 e. The molecule has 0 saturated carbocycles. The predicted molar refractivity (Wildman–Crippen MR) is 142 cm³/mol. The summed E-state index contributed by atoms with van der Waals surface area (Å²) in [6.07, 6.45) is 3.42. The number of sulfonamides is 1. The van der Waals surface area contributed by atoms with Crippen LogP contribution in [0, 0.1) is 0 Å². The SMILES string of the molecule is CN1CCCCC/C1=N\S(=O)(=O)c1cccc(NC(=O)c2ccc3c(c2)S(=O)(=O)c2ccccc2C3=O)c1. The van der Waals surface area contributed by atoms with Crippen LogP contribution in [0.5, 0.6) is 0 Å². The number of likely N-dealkylation sites (tertiary alicyclic amines) is 1. The van der Waals surface area contributed by atoms with Crippen molar-refractivity contribution in [3.8, 4) is 0 Å². The van der Waals surface area contributed by atoms with E-state index in [9.17, 15) is 26.4 Å². The van der Waals surface area contributed by atoms with E-state index >= 15 is 0 Å². The molecule has 1 saturated heterocycles. The third kappa shape index (κ3) is 4.74. The number of ketones is 1. The minimum atomic E-state index is -4.02. The maximum Gasteiger partial charge on any atom is 0.284 e. The Hall–Kier alpha value is -3.83. The van der Waals surface area contributed by atoms with Gasteiger partial charge in [-0.15, -0.1) is 4.40 Å². The van der Waals surface area contributed by atoms with Crippen molar-refractivity contribution in [2.45, 2.75) is 40.4 Å². The summed E-state index contributed by atoms with van der Waals surface area (Å²) in [6, 6.07) is 15.5. The molecule has 0 bridgehead atoms. The second-order valence-corrected chi connectivity index (χ2v) is 12.7. The van der Waals surface area contributed by atoms with Gasteiger partial charge in [-0.3, -0.25) is 9.59 Å². The predicted octanol–water partition coefficient (Wildman–Crippen LogP) is 3.91. The second-order valence-electron chi connectivity index (χ2n) is 9.24. The van der Waals surface area contributed by atoms with E-state index in [4.69, 9.17) is 0 Å². The van der Waals surface area contributed by atoms with Crippen molar-refractivity contribution in [2.24, 2.45) is 4.40 Å². The molecule has 0 aliphatic carbocycles. The monoisotopic (exact) mass is 551 g/mol. The number of benzene rings is 3. The third-order valence-corrected chi connectivity index (χ3v) is 9.80. The molecule has 9 nitrogen and oxygen atoms in total. The van der Waals surface area contributed by atoms with Gasteiger partial charge in [-0.1, -0.05) is 24.6 Å². The minimum Gasteiger partial charge on any atom is -0.362 e. The molecule has 2 heterocycles.